The van der Waals surface area contributed by atoms with Gasteiger partial charge in [0, 0.05) is 10.4 Å². The summed E-state index contributed by atoms with van der Waals surface area (Å²) >= 11 is 3.21. The maximum atomic E-state index is 11.7. The molecule has 2 N–H and O–H groups in total. The average Bonchev–Trinajstić information content (AvgIpc) is 2.28. The Balaban J connectivity index is 2.70. The van der Waals surface area contributed by atoms with E-state index in [4.69, 9.17) is 0 Å². The van der Waals surface area contributed by atoms with E-state index in [-0.39, 0.29) is 29.6 Å². The van der Waals surface area contributed by atoms with E-state index in [1.807, 2.05) is 0 Å². The molecule has 0 unspecified atom stereocenters. The fourth-order valence-electron chi connectivity index (χ4n) is 1.16. The molecule has 0 fully saturated rings. The van der Waals surface area contributed by atoms with Gasteiger partial charge >= 0.3 is 0 Å². The largest absolute Gasteiger partial charge is 0.507 e. The molecule has 0 saturated carbocycles. The highest BCUT2D eigenvalue weighted by Crippen LogP contribution is 2.21. The number of hydrogen-bond acceptors (Lipinski definition) is 3. The van der Waals surface area contributed by atoms with E-state index in [1.54, 1.807) is 19.9 Å². The number of rotatable bonds is 4. The molecule has 0 atom stereocenters. The number of nitrogens with one attached hydrogen (secondary N) is 1. The van der Waals surface area contributed by atoms with Gasteiger partial charge in [-0.3, -0.25) is 9.59 Å². The van der Waals surface area contributed by atoms with E-state index in [0.29, 0.717) is 4.47 Å². The topological polar surface area (TPSA) is 66.4 Å². The molecule has 5 heteroatoms. The first-order valence-electron chi connectivity index (χ1n) is 5.21. The van der Waals surface area contributed by atoms with Crippen molar-refractivity contribution >= 4 is 27.6 Å². The minimum Gasteiger partial charge on any atom is -0.507 e. The molecule has 17 heavy (non-hydrogen) atoms. The van der Waals surface area contributed by atoms with Gasteiger partial charge in [-0.25, -0.2) is 0 Å². The Morgan fingerprint density at radius 1 is 1.41 bits per heavy atom. The summed E-state index contributed by atoms with van der Waals surface area (Å²) in [7, 11) is 0. The van der Waals surface area contributed by atoms with Crippen LogP contribution in [-0.2, 0) is 4.79 Å². The number of hydrogen-bond donors (Lipinski definition) is 2. The number of ketones is 1. The zero-order valence-electron chi connectivity index (χ0n) is 9.66. The zero-order chi connectivity index (χ0) is 13.0. The Hall–Kier alpha value is -1.36. The summed E-state index contributed by atoms with van der Waals surface area (Å²) in [5.74, 6) is -0.736. The number of halogens is 1. The molecule has 1 aromatic rings. The molecule has 0 saturated heterocycles. The van der Waals surface area contributed by atoms with Crippen molar-refractivity contribution in [3.8, 4) is 5.75 Å². The summed E-state index contributed by atoms with van der Waals surface area (Å²) in [6, 6.07) is 4.55. The van der Waals surface area contributed by atoms with Gasteiger partial charge < -0.3 is 10.4 Å². The average molecular weight is 300 g/mol. The second-order valence-corrected chi connectivity index (χ2v) is 4.88. The van der Waals surface area contributed by atoms with Crippen molar-refractivity contribution in [2.45, 2.75) is 13.8 Å². The summed E-state index contributed by atoms with van der Waals surface area (Å²) in [5.41, 5.74) is 0.149. The van der Waals surface area contributed by atoms with E-state index >= 15 is 0 Å². The molecule has 0 aliphatic heterocycles. The standard InChI is InChI=1S/C12H14BrNO3/c1-7(2)11(16)6-14-12(17)9-5-8(13)3-4-10(9)15/h3-5,7,15H,6H2,1-2H3,(H,14,17). The van der Waals surface area contributed by atoms with Crippen molar-refractivity contribution in [2.24, 2.45) is 5.92 Å². The van der Waals surface area contributed by atoms with Gasteiger partial charge in [-0.05, 0) is 18.2 Å². The Kier molecular flexibility index (Phi) is 4.69. The van der Waals surface area contributed by atoms with Crippen molar-refractivity contribution < 1.29 is 14.7 Å². The first kappa shape index (κ1) is 13.7. The number of amides is 1. The summed E-state index contributed by atoms with van der Waals surface area (Å²) in [6.45, 7) is 3.51. The smallest absolute Gasteiger partial charge is 0.255 e. The first-order chi connectivity index (χ1) is 7.91. The molecule has 0 heterocycles. The van der Waals surface area contributed by atoms with Crippen LogP contribution in [0.2, 0.25) is 0 Å². The summed E-state index contributed by atoms with van der Waals surface area (Å²) < 4.78 is 0.690. The molecule has 92 valence electrons. The summed E-state index contributed by atoms with van der Waals surface area (Å²) in [6.07, 6.45) is 0. The number of Topliss-reactive ketones (excluding diaryl/α,β-unsaturated/α-hetero) is 1. The highest BCUT2D eigenvalue weighted by molar-refractivity contribution is 9.10. The molecule has 0 bridgehead atoms. The van der Waals surface area contributed by atoms with Gasteiger partial charge in [0.15, 0.2) is 5.78 Å². The van der Waals surface area contributed by atoms with E-state index in [0.717, 1.165) is 0 Å². The highest BCUT2D eigenvalue weighted by Gasteiger charge is 2.13. The number of carbonyl (C=O) groups is 2. The van der Waals surface area contributed by atoms with Crippen LogP contribution in [0.3, 0.4) is 0 Å². The van der Waals surface area contributed by atoms with Crippen LogP contribution >= 0.6 is 15.9 Å². The Morgan fingerprint density at radius 3 is 2.65 bits per heavy atom. The Morgan fingerprint density at radius 2 is 2.06 bits per heavy atom. The van der Waals surface area contributed by atoms with Crippen molar-refractivity contribution in [1.82, 2.24) is 5.32 Å². The molecule has 0 radical (unpaired) electrons. The molecule has 0 spiro atoms. The summed E-state index contributed by atoms with van der Waals surface area (Å²) in [4.78, 5) is 23.0. The maximum absolute atomic E-state index is 11.7. The molecule has 1 aromatic carbocycles. The van der Waals surface area contributed by atoms with Crippen LogP contribution in [0.15, 0.2) is 22.7 Å². The molecular formula is C12H14BrNO3. The van der Waals surface area contributed by atoms with Crippen LogP contribution in [0.4, 0.5) is 0 Å². The SMILES string of the molecule is CC(C)C(=O)CNC(=O)c1cc(Br)ccc1O. The van der Waals surface area contributed by atoms with Gasteiger partial charge in [0.05, 0.1) is 12.1 Å². The minimum atomic E-state index is -0.460. The lowest BCUT2D eigenvalue weighted by atomic mass is 10.1. The molecule has 1 rings (SSSR count). The lowest BCUT2D eigenvalue weighted by molar-refractivity contribution is -0.120. The van der Waals surface area contributed by atoms with Gasteiger partial charge in [-0.15, -0.1) is 0 Å². The fraction of sp³-hybridized carbons (Fsp3) is 0.333. The normalized spacial score (nSPS) is 10.4. The van der Waals surface area contributed by atoms with E-state index < -0.39 is 5.91 Å². The van der Waals surface area contributed by atoms with Crippen molar-refractivity contribution in [1.29, 1.82) is 0 Å². The Bertz CT molecular complexity index is 443. The monoisotopic (exact) mass is 299 g/mol. The zero-order valence-corrected chi connectivity index (χ0v) is 11.2. The van der Waals surface area contributed by atoms with Crippen LogP contribution in [0.5, 0.6) is 5.75 Å². The summed E-state index contributed by atoms with van der Waals surface area (Å²) in [5, 5.41) is 12.0. The van der Waals surface area contributed by atoms with Gasteiger partial charge in [0.1, 0.15) is 5.75 Å². The van der Waals surface area contributed by atoms with E-state index in [9.17, 15) is 14.7 Å². The highest BCUT2D eigenvalue weighted by atomic mass is 79.9. The van der Waals surface area contributed by atoms with Crippen LogP contribution in [0, 0.1) is 5.92 Å². The molecule has 4 nitrogen and oxygen atoms in total. The van der Waals surface area contributed by atoms with E-state index in [2.05, 4.69) is 21.2 Å². The molecule has 0 aliphatic rings. The van der Waals surface area contributed by atoms with Gasteiger partial charge in [-0.2, -0.15) is 0 Å². The number of phenols is 1. The molecule has 0 aliphatic carbocycles. The van der Waals surface area contributed by atoms with Crippen LogP contribution in [0.1, 0.15) is 24.2 Å². The molecular weight excluding hydrogens is 286 g/mol. The quantitative estimate of drug-likeness (QED) is 0.895. The maximum Gasteiger partial charge on any atom is 0.255 e. The third kappa shape index (κ3) is 3.85. The predicted octanol–water partition coefficient (Wildman–Crippen LogP) is 2.11. The van der Waals surface area contributed by atoms with Crippen LogP contribution < -0.4 is 5.32 Å². The second-order valence-electron chi connectivity index (χ2n) is 3.97. The van der Waals surface area contributed by atoms with E-state index in [1.165, 1.54) is 12.1 Å². The fourth-order valence-corrected chi connectivity index (χ4v) is 1.52. The van der Waals surface area contributed by atoms with Gasteiger partial charge in [0.25, 0.3) is 5.91 Å². The van der Waals surface area contributed by atoms with Crippen molar-refractivity contribution in [3.05, 3.63) is 28.2 Å². The molecule has 1 amide bonds. The Labute approximate surface area is 108 Å². The number of phenolic OH excluding ortho intramolecular Hbond substituents is 1. The van der Waals surface area contributed by atoms with Crippen LogP contribution in [0.25, 0.3) is 0 Å². The van der Waals surface area contributed by atoms with Crippen LogP contribution in [-0.4, -0.2) is 23.3 Å². The number of benzene rings is 1. The van der Waals surface area contributed by atoms with Gasteiger partial charge in [0.2, 0.25) is 0 Å². The lowest BCUT2D eigenvalue weighted by Gasteiger charge is -2.08. The number of aromatic hydroxyl groups is 1. The van der Waals surface area contributed by atoms with Gasteiger partial charge in [-0.1, -0.05) is 29.8 Å². The second kappa shape index (κ2) is 5.82. The van der Waals surface area contributed by atoms with Crippen molar-refractivity contribution in [2.75, 3.05) is 6.54 Å². The minimum absolute atomic E-state index is 0.0253. The lowest BCUT2D eigenvalue weighted by Crippen LogP contribution is -2.31. The predicted molar refractivity (Wildman–Crippen MR) is 68.0 cm³/mol. The third-order valence-electron chi connectivity index (χ3n) is 2.27. The first-order valence-corrected chi connectivity index (χ1v) is 6.00. The van der Waals surface area contributed by atoms with Crippen molar-refractivity contribution in [3.63, 3.8) is 0 Å². The number of carbonyl (C=O) groups excluding carboxylic acids is 2. The molecule has 0 aromatic heterocycles. The third-order valence-corrected chi connectivity index (χ3v) is 2.76.